The number of aromatic nitrogens is 1. The molecule has 0 radical (unpaired) electrons. The molecule has 0 amide bonds. The number of para-hydroxylation sites is 1. The normalized spacial score (nSPS) is 11.6. The van der Waals surface area contributed by atoms with Crippen molar-refractivity contribution in [2.75, 3.05) is 7.11 Å². The standard InChI is InChI=1S/C18H17NO4S/c1-3-19-12-17(18(20)15-6-4-5-7-16(15)19)24(21,22)14-10-8-13(23-2)9-11-14/h4-12H,3H2,1-2H3. The molecule has 3 aromatic rings. The maximum Gasteiger partial charge on any atom is 0.211 e. The Balaban J connectivity index is 2.27. The van der Waals surface area contributed by atoms with Crippen LogP contribution in [0.2, 0.25) is 0 Å². The molecule has 0 fully saturated rings. The first-order chi connectivity index (χ1) is 11.5. The van der Waals surface area contributed by atoms with Gasteiger partial charge in [0.1, 0.15) is 10.6 Å². The van der Waals surface area contributed by atoms with Gasteiger partial charge < -0.3 is 9.30 Å². The van der Waals surface area contributed by atoms with E-state index in [9.17, 15) is 13.2 Å². The zero-order chi connectivity index (χ0) is 17.3. The molecule has 0 spiro atoms. The van der Waals surface area contributed by atoms with Crippen LogP contribution >= 0.6 is 0 Å². The van der Waals surface area contributed by atoms with Crippen molar-refractivity contribution in [1.82, 2.24) is 4.57 Å². The molecule has 0 bridgehead atoms. The van der Waals surface area contributed by atoms with E-state index >= 15 is 0 Å². The first kappa shape index (κ1) is 16.3. The average Bonchev–Trinajstić information content (AvgIpc) is 2.62. The first-order valence-corrected chi connectivity index (χ1v) is 8.98. The summed E-state index contributed by atoms with van der Waals surface area (Å²) in [7, 11) is -2.40. The van der Waals surface area contributed by atoms with Crippen LogP contribution in [0, 0.1) is 0 Å². The third-order valence-electron chi connectivity index (χ3n) is 3.95. The van der Waals surface area contributed by atoms with E-state index < -0.39 is 15.3 Å². The molecular formula is C18H17NO4S. The maximum absolute atomic E-state index is 12.9. The lowest BCUT2D eigenvalue weighted by Gasteiger charge is -2.12. The van der Waals surface area contributed by atoms with Crippen LogP contribution < -0.4 is 10.2 Å². The summed E-state index contributed by atoms with van der Waals surface area (Å²) < 4.78 is 32.6. The van der Waals surface area contributed by atoms with Crippen molar-refractivity contribution >= 4 is 20.7 Å². The fourth-order valence-corrected chi connectivity index (χ4v) is 4.02. The van der Waals surface area contributed by atoms with Crippen molar-refractivity contribution in [3.63, 3.8) is 0 Å². The van der Waals surface area contributed by atoms with Crippen LogP contribution in [0.3, 0.4) is 0 Å². The second-order valence-corrected chi connectivity index (χ2v) is 7.22. The van der Waals surface area contributed by atoms with E-state index in [1.54, 1.807) is 28.8 Å². The van der Waals surface area contributed by atoms with Crippen molar-refractivity contribution in [2.45, 2.75) is 23.3 Å². The minimum absolute atomic E-state index is 0.0679. The van der Waals surface area contributed by atoms with Crippen molar-refractivity contribution in [3.8, 4) is 5.75 Å². The average molecular weight is 343 g/mol. The van der Waals surface area contributed by atoms with Crippen molar-refractivity contribution < 1.29 is 13.2 Å². The van der Waals surface area contributed by atoms with E-state index in [0.717, 1.165) is 5.52 Å². The maximum atomic E-state index is 12.9. The lowest BCUT2D eigenvalue weighted by molar-refractivity contribution is 0.414. The summed E-state index contributed by atoms with van der Waals surface area (Å²) in [6, 6.07) is 13.0. The molecule has 0 aliphatic heterocycles. The SMILES string of the molecule is CCn1cc(S(=O)(=O)c2ccc(OC)cc2)c(=O)c2ccccc21. The number of nitrogens with zero attached hydrogens (tertiary/aromatic N) is 1. The van der Waals surface area contributed by atoms with Gasteiger partial charge in [0, 0.05) is 18.1 Å². The molecule has 0 unspecified atom stereocenters. The summed E-state index contributed by atoms with van der Waals surface area (Å²) in [5.41, 5.74) is 0.241. The summed E-state index contributed by atoms with van der Waals surface area (Å²) in [5.74, 6) is 0.554. The van der Waals surface area contributed by atoms with Gasteiger partial charge in [-0.2, -0.15) is 0 Å². The highest BCUT2D eigenvalue weighted by Gasteiger charge is 2.23. The predicted octanol–water partition coefficient (Wildman–Crippen LogP) is 2.86. The van der Waals surface area contributed by atoms with Gasteiger partial charge in [-0.05, 0) is 43.3 Å². The highest BCUT2D eigenvalue weighted by atomic mass is 32.2. The molecule has 0 aliphatic carbocycles. The zero-order valence-electron chi connectivity index (χ0n) is 13.4. The molecule has 1 aromatic heterocycles. The first-order valence-electron chi connectivity index (χ1n) is 7.50. The molecule has 0 N–H and O–H groups in total. The molecule has 2 aromatic carbocycles. The molecular weight excluding hydrogens is 326 g/mol. The molecule has 0 saturated heterocycles. The number of sulfone groups is 1. The highest BCUT2D eigenvalue weighted by molar-refractivity contribution is 7.91. The number of rotatable bonds is 4. The molecule has 0 atom stereocenters. The summed E-state index contributed by atoms with van der Waals surface area (Å²) in [6.07, 6.45) is 1.42. The minimum atomic E-state index is -3.91. The molecule has 0 aliphatic rings. The lowest BCUT2D eigenvalue weighted by Crippen LogP contribution is -2.19. The Kier molecular flexibility index (Phi) is 4.15. The molecule has 1 heterocycles. The van der Waals surface area contributed by atoms with E-state index in [1.165, 1.54) is 25.4 Å². The number of fused-ring (bicyclic) bond motifs is 1. The number of methoxy groups -OCH3 is 1. The van der Waals surface area contributed by atoms with Gasteiger partial charge in [-0.25, -0.2) is 8.42 Å². The van der Waals surface area contributed by atoms with Crippen molar-refractivity contribution in [3.05, 3.63) is 65.0 Å². The number of pyridine rings is 1. The molecule has 124 valence electrons. The second-order valence-electron chi connectivity index (χ2n) is 5.30. The monoisotopic (exact) mass is 343 g/mol. The van der Waals surface area contributed by atoms with Crippen LogP contribution in [0.25, 0.3) is 10.9 Å². The number of hydrogen-bond donors (Lipinski definition) is 0. The molecule has 0 saturated carbocycles. The minimum Gasteiger partial charge on any atom is -0.497 e. The molecule has 3 rings (SSSR count). The van der Waals surface area contributed by atoms with Crippen molar-refractivity contribution in [2.24, 2.45) is 0 Å². The summed E-state index contributed by atoms with van der Waals surface area (Å²) in [4.78, 5) is 12.6. The number of hydrogen-bond acceptors (Lipinski definition) is 4. The Labute approximate surface area is 140 Å². The fourth-order valence-electron chi connectivity index (χ4n) is 2.65. The van der Waals surface area contributed by atoms with Gasteiger partial charge in [0.2, 0.25) is 15.3 Å². The fraction of sp³-hybridized carbons (Fsp3) is 0.167. The van der Waals surface area contributed by atoms with Gasteiger partial charge in [0.25, 0.3) is 0 Å². The lowest BCUT2D eigenvalue weighted by atomic mass is 10.2. The van der Waals surface area contributed by atoms with Gasteiger partial charge in [0.05, 0.1) is 17.5 Å². The largest absolute Gasteiger partial charge is 0.497 e. The Morgan fingerprint density at radius 1 is 1.04 bits per heavy atom. The van der Waals surface area contributed by atoms with Gasteiger partial charge in [0.15, 0.2) is 0 Å². The van der Waals surface area contributed by atoms with Crippen LogP contribution in [-0.2, 0) is 16.4 Å². The van der Waals surface area contributed by atoms with Gasteiger partial charge in [-0.15, -0.1) is 0 Å². The molecule has 5 nitrogen and oxygen atoms in total. The van der Waals surface area contributed by atoms with E-state index in [4.69, 9.17) is 4.74 Å². The van der Waals surface area contributed by atoms with E-state index in [0.29, 0.717) is 17.7 Å². The van der Waals surface area contributed by atoms with Crippen LogP contribution in [0.5, 0.6) is 5.75 Å². The van der Waals surface area contributed by atoms with E-state index in [-0.39, 0.29) is 9.79 Å². The topological polar surface area (TPSA) is 65.4 Å². The second kappa shape index (κ2) is 6.13. The van der Waals surface area contributed by atoms with Crippen LogP contribution in [0.1, 0.15) is 6.92 Å². The predicted molar refractivity (Wildman–Crippen MR) is 92.3 cm³/mol. The van der Waals surface area contributed by atoms with Crippen LogP contribution in [0.15, 0.2) is 69.3 Å². The third kappa shape index (κ3) is 2.59. The van der Waals surface area contributed by atoms with Gasteiger partial charge >= 0.3 is 0 Å². The Morgan fingerprint density at radius 3 is 2.33 bits per heavy atom. The highest BCUT2D eigenvalue weighted by Crippen LogP contribution is 2.23. The Bertz CT molecular complexity index is 1050. The number of aryl methyl sites for hydroxylation is 1. The zero-order valence-corrected chi connectivity index (χ0v) is 14.2. The van der Waals surface area contributed by atoms with Gasteiger partial charge in [-0.3, -0.25) is 4.79 Å². The number of benzene rings is 2. The summed E-state index contributed by atoms with van der Waals surface area (Å²) in [5, 5.41) is 0.397. The Hall–Kier alpha value is -2.60. The number of ether oxygens (including phenoxy) is 1. The van der Waals surface area contributed by atoms with Crippen LogP contribution in [-0.4, -0.2) is 20.1 Å². The smallest absolute Gasteiger partial charge is 0.211 e. The summed E-state index contributed by atoms with van der Waals surface area (Å²) in [6.45, 7) is 2.46. The molecule has 24 heavy (non-hydrogen) atoms. The third-order valence-corrected chi connectivity index (χ3v) is 5.72. The summed E-state index contributed by atoms with van der Waals surface area (Å²) >= 11 is 0. The van der Waals surface area contributed by atoms with E-state index in [1.807, 2.05) is 19.1 Å². The molecule has 6 heteroatoms. The van der Waals surface area contributed by atoms with Crippen molar-refractivity contribution in [1.29, 1.82) is 0 Å². The van der Waals surface area contributed by atoms with E-state index in [2.05, 4.69) is 0 Å². The van der Waals surface area contributed by atoms with Crippen LogP contribution in [0.4, 0.5) is 0 Å². The Morgan fingerprint density at radius 2 is 1.71 bits per heavy atom. The quantitative estimate of drug-likeness (QED) is 0.731. The van der Waals surface area contributed by atoms with Gasteiger partial charge in [-0.1, -0.05) is 12.1 Å².